The van der Waals surface area contributed by atoms with E-state index in [2.05, 4.69) is 0 Å². The number of piperidine rings is 1. The highest BCUT2D eigenvalue weighted by Crippen LogP contribution is 2.24. The van der Waals surface area contributed by atoms with Crippen molar-refractivity contribution in [3.8, 4) is 0 Å². The number of benzene rings is 1. The number of nitrogens with zero attached hydrogens (tertiary/aromatic N) is 1. The molecule has 1 saturated heterocycles. The van der Waals surface area contributed by atoms with Gasteiger partial charge in [0.25, 0.3) is 0 Å². The quantitative estimate of drug-likeness (QED) is 0.856. The number of aliphatic hydroxyl groups excluding tert-OH is 1. The minimum absolute atomic E-state index is 0.0176. The number of aliphatic hydroxyl groups is 1. The van der Waals surface area contributed by atoms with Crippen LogP contribution in [0, 0.1) is 5.92 Å². The second-order valence-electron chi connectivity index (χ2n) is 4.89. The van der Waals surface area contributed by atoms with Gasteiger partial charge in [-0.3, -0.25) is 0 Å². The van der Waals surface area contributed by atoms with Crippen LogP contribution in [-0.4, -0.2) is 48.6 Å². The number of carboxylic acid groups (broad SMARTS) is 1. The molecule has 0 aliphatic carbocycles. The Labute approximate surface area is 117 Å². The van der Waals surface area contributed by atoms with Crippen molar-refractivity contribution in [2.45, 2.75) is 17.7 Å². The molecule has 1 aromatic carbocycles. The lowest BCUT2D eigenvalue weighted by atomic mass is 10.0. The SMILES string of the molecule is O=C(O)c1cccc(S(=O)(=O)N2CCCC(CO)C2)c1. The highest BCUT2D eigenvalue weighted by atomic mass is 32.2. The van der Waals surface area contributed by atoms with Gasteiger partial charge >= 0.3 is 5.97 Å². The molecule has 1 unspecified atom stereocenters. The summed E-state index contributed by atoms with van der Waals surface area (Å²) in [5.41, 5.74) is -0.0539. The van der Waals surface area contributed by atoms with E-state index < -0.39 is 16.0 Å². The van der Waals surface area contributed by atoms with Crippen molar-refractivity contribution in [3.63, 3.8) is 0 Å². The summed E-state index contributed by atoms with van der Waals surface area (Å²) in [6, 6.07) is 5.34. The molecule has 2 rings (SSSR count). The number of carbonyl (C=O) groups is 1. The van der Waals surface area contributed by atoms with E-state index in [0.717, 1.165) is 6.42 Å². The van der Waals surface area contributed by atoms with E-state index in [9.17, 15) is 13.2 Å². The monoisotopic (exact) mass is 299 g/mol. The predicted octanol–water partition coefficient (Wildman–Crippen LogP) is 0.778. The molecule has 1 atom stereocenters. The Kier molecular flexibility index (Phi) is 4.42. The van der Waals surface area contributed by atoms with E-state index >= 15 is 0 Å². The molecule has 1 aliphatic rings. The third kappa shape index (κ3) is 3.00. The molecule has 0 amide bonds. The lowest BCUT2D eigenvalue weighted by molar-refractivity contribution is 0.0696. The fourth-order valence-electron chi connectivity index (χ4n) is 2.33. The average molecular weight is 299 g/mol. The van der Waals surface area contributed by atoms with Crippen molar-refractivity contribution < 1.29 is 23.4 Å². The maximum atomic E-state index is 12.5. The van der Waals surface area contributed by atoms with Crippen molar-refractivity contribution in [1.82, 2.24) is 4.31 Å². The standard InChI is InChI=1S/C13H17NO5S/c15-9-10-3-2-6-14(8-10)20(18,19)12-5-1-4-11(7-12)13(16)17/h1,4-5,7,10,15H,2-3,6,8-9H2,(H,16,17). The van der Waals surface area contributed by atoms with Crippen LogP contribution in [0.5, 0.6) is 0 Å². The fraction of sp³-hybridized carbons (Fsp3) is 0.462. The van der Waals surface area contributed by atoms with Crippen molar-refractivity contribution in [3.05, 3.63) is 29.8 Å². The van der Waals surface area contributed by atoms with E-state index in [4.69, 9.17) is 10.2 Å². The third-order valence-corrected chi connectivity index (χ3v) is 5.32. The van der Waals surface area contributed by atoms with Gasteiger partial charge in [0, 0.05) is 19.7 Å². The van der Waals surface area contributed by atoms with Crippen LogP contribution in [0.2, 0.25) is 0 Å². The van der Waals surface area contributed by atoms with Crippen LogP contribution in [0.4, 0.5) is 0 Å². The summed E-state index contributed by atoms with van der Waals surface area (Å²) in [5.74, 6) is -1.21. The van der Waals surface area contributed by atoms with Gasteiger partial charge in [0.15, 0.2) is 0 Å². The van der Waals surface area contributed by atoms with Crippen molar-refractivity contribution >= 4 is 16.0 Å². The number of hydrogen-bond donors (Lipinski definition) is 2. The molecule has 0 saturated carbocycles. The van der Waals surface area contributed by atoms with E-state index in [1.807, 2.05) is 0 Å². The smallest absolute Gasteiger partial charge is 0.335 e. The fourth-order valence-corrected chi connectivity index (χ4v) is 3.93. The Hall–Kier alpha value is -1.44. The summed E-state index contributed by atoms with van der Waals surface area (Å²) in [6.45, 7) is 0.632. The van der Waals surface area contributed by atoms with Crippen molar-refractivity contribution in [2.75, 3.05) is 19.7 Å². The summed E-state index contributed by atoms with van der Waals surface area (Å²) >= 11 is 0. The highest BCUT2D eigenvalue weighted by Gasteiger charge is 2.30. The Balaban J connectivity index is 2.30. The summed E-state index contributed by atoms with van der Waals surface area (Å²) < 4.78 is 26.3. The largest absolute Gasteiger partial charge is 0.478 e. The van der Waals surface area contributed by atoms with Gasteiger partial charge in [-0.1, -0.05) is 6.07 Å². The number of carboxylic acids is 1. The molecular formula is C13H17NO5S. The first-order chi connectivity index (χ1) is 9.45. The van der Waals surface area contributed by atoms with Crippen LogP contribution < -0.4 is 0 Å². The van der Waals surface area contributed by atoms with Crippen molar-refractivity contribution in [2.24, 2.45) is 5.92 Å². The van der Waals surface area contributed by atoms with Crippen LogP contribution in [0.15, 0.2) is 29.2 Å². The molecule has 1 aromatic rings. The summed E-state index contributed by atoms with van der Waals surface area (Å²) in [5, 5.41) is 18.1. The van der Waals surface area contributed by atoms with E-state index in [1.54, 1.807) is 0 Å². The Morgan fingerprint density at radius 1 is 1.40 bits per heavy atom. The topological polar surface area (TPSA) is 94.9 Å². The lowest BCUT2D eigenvalue weighted by Crippen LogP contribution is -2.40. The van der Waals surface area contributed by atoms with Crippen LogP contribution in [0.25, 0.3) is 0 Å². The number of hydrogen-bond acceptors (Lipinski definition) is 4. The lowest BCUT2D eigenvalue weighted by Gasteiger charge is -2.30. The van der Waals surface area contributed by atoms with Crippen LogP contribution in [-0.2, 0) is 10.0 Å². The normalized spacial score (nSPS) is 20.8. The molecule has 110 valence electrons. The van der Waals surface area contributed by atoms with E-state index in [0.29, 0.717) is 13.0 Å². The summed E-state index contributed by atoms with van der Waals surface area (Å²) in [4.78, 5) is 10.9. The Morgan fingerprint density at radius 3 is 2.80 bits per heavy atom. The summed E-state index contributed by atoms with van der Waals surface area (Å²) in [7, 11) is -3.70. The van der Waals surface area contributed by atoms with Gasteiger partial charge in [0.1, 0.15) is 0 Å². The number of rotatable bonds is 4. The van der Waals surface area contributed by atoms with E-state index in [-0.39, 0.29) is 29.5 Å². The molecule has 1 fully saturated rings. The molecule has 7 heteroatoms. The van der Waals surface area contributed by atoms with Crippen molar-refractivity contribution in [1.29, 1.82) is 0 Å². The van der Waals surface area contributed by atoms with Gasteiger partial charge in [0.05, 0.1) is 10.5 Å². The molecule has 2 N–H and O–H groups in total. The molecule has 0 radical (unpaired) electrons. The van der Waals surface area contributed by atoms with Gasteiger partial charge in [-0.25, -0.2) is 13.2 Å². The van der Waals surface area contributed by atoms with Crippen LogP contribution in [0.3, 0.4) is 0 Å². The van der Waals surface area contributed by atoms with E-state index in [1.165, 1.54) is 28.6 Å². The molecule has 0 aromatic heterocycles. The predicted molar refractivity (Wildman–Crippen MR) is 72.0 cm³/mol. The number of sulfonamides is 1. The van der Waals surface area contributed by atoms with Gasteiger partial charge < -0.3 is 10.2 Å². The Bertz CT molecular complexity index is 599. The average Bonchev–Trinajstić information content (AvgIpc) is 2.47. The molecule has 0 bridgehead atoms. The van der Waals surface area contributed by atoms with Gasteiger partial charge in [-0.2, -0.15) is 4.31 Å². The van der Waals surface area contributed by atoms with Gasteiger partial charge in [0.2, 0.25) is 10.0 Å². The molecule has 1 heterocycles. The zero-order valence-electron chi connectivity index (χ0n) is 10.9. The zero-order chi connectivity index (χ0) is 14.8. The molecule has 1 aliphatic heterocycles. The first kappa shape index (κ1) is 15.0. The third-order valence-electron chi connectivity index (χ3n) is 3.46. The van der Waals surface area contributed by atoms with Crippen LogP contribution >= 0.6 is 0 Å². The molecule has 0 spiro atoms. The molecular weight excluding hydrogens is 282 g/mol. The Morgan fingerprint density at radius 2 is 2.15 bits per heavy atom. The number of aromatic carboxylic acids is 1. The molecule has 6 nitrogen and oxygen atoms in total. The zero-order valence-corrected chi connectivity index (χ0v) is 11.7. The first-order valence-corrected chi connectivity index (χ1v) is 7.83. The van der Waals surface area contributed by atoms with Crippen LogP contribution in [0.1, 0.15) is 23.2 Å². The van der Waals surface area contributed by atoms with Gasteiger partial charge in [-0.15, -0.1) is 0 Å². The first-order valence-electron chi connectivity index (χ1n) is 6.39. The minimum atomic E-state index is -3.70. The second-order valence-corrected chi connectivity index (χ2v) is 6.82. The maximum absolute atomic E-state index is 12.5. The maximum Gasteiger partial charge on any atom is 0.335 e. The van der Waals surface area contributed by atoms with Gasteiger partial charge in [-0.05, 0) is 37.0 Å². The molecule has 20 heavy (non-hydrogen) atoms. The summed E-state index contributed by atoms with van der Waals surface area (Å²) in [6.07, 6.45) is 1.50. The minimum Gasteiger partial charge on any atom is -0.478 e. The highest BCUT2D eigenvalue weighted by molar-refractivity contribution is 7.89. The second kappa shape index (κ2) is 5.90.